The summed E-state index contributed by atoms with van der Waals surface area (Å²) in [6, 6.07) is 6.95. The van der Waals surface area contributed by atoms with Crippen molar-refractivity contribution in [1.82, 2.24) is 4.72 Å². The van der Waals surface area contributed by atoms with Crippen molar-refractivity contribution < 1.29 is 8.42 Å². The van der Waals surface area contributed by atoms with E-state index in [1.165, 1.54) is 12.8 Å². The van der Waals surface area contributed by atoms with Crippen molar-refractivity contribution in [2.45, 2.75) is 43.5 Å². The maximum Gasteiger partial charge on any atom is 0.240 e. The van der Waals surface area contributed by atoms with Gasteiger partial charge in [-0.05, 0) is 49.9 Å². The van der Waals surface area contributed by atoms with Crippen molar-refractivity contribution in [2.24, 2.45) is 11.7 Å². The van der Waals surface area contributed by atoms with Gasteiger partial charge in [-0.15, -0.1) is 0 Å². The molecule has 0 amide bonds. The van der Waals surface area contributed by atoms with Gasteiger partial charge in [0.05, 0.1) is 4.90 Å². The highest BCUT2D eigenvalue weighted by molar-refractivity contribution is 7.89. The molecule has 0 bridgehead atoms. The summed E-state index contributed by atoms with van der Waals surface area (Å²) in [4.78, 5) is 0.330. The zero-order valence-electron chi connectivity index (χ0n) is 11.3. The van der Waals surface area contributed by atoms with Gasteiger partial charge >= 0.3 is 0 Å². The normalized spacial score (nSPS) is 17.4. The molecule has 0 aromatic heterocycles. The minimum absolute atomic E-state index is 0.00113. The van der Waals surface area contributed by atoms with Crippen LogP contribution in [0.3, 0.4) is 0 Å². The molecule has 3 N–H and O–H groups in total. The van der Waals surface area contributed by atoms with Gasteiger partial charge in [-0.3, -0.25) is 0 Å². The summed E-state index contributed by atoms with van der Waals surface area (Å²) in [5, 5.41) is 0. The van der Waals surface area contributed by atoms with E-state index in [4.69, 9.17) is 5.73 Å². The molecule has 0 radical (unpaired) electrons. The fourth-order valence-electron chi connectivity index (χ4n) is 2.24. The predicted molar refractivity (Wildman–Crippen MR) is 76.3 cm³/mol. The first-order chi connectivity index (χ1) is 9.01. The number of benzene rings is 1. The molecule has 0 aliphatic heterocycles. The lowest BCUT2D eigenvalue weighted by Gasteiger charge is -2.14. The summed E-state index contributed by atoms with van der Waals surface area (Å²) in [5.41, 5.74) is 6.53. The van der Waals surface area contributed by atoms with Gasteiger partial charge in [-0.2, -0.15) is 0 Å². The molecule has 5 heteroatoms. The average Bonchev–Trinajstić information content (AvgIpc) is 3.13. The smallest absolute Gasteiger partial charge is 0.240 e. The summed E-state index contributed by atoms with van der Waals surface area (Å²) in [6.45, 7) is 2.50. The Morgan fingerprint density at radius 3 is 2.47 bits per heavy atom. The monoisotopic (exact) mass is 282 g/mol. The second-order valence-electron chi connectivity index (χ2n) is 5.38. The molecule has 1 fully saturated rings. The molecule has 1 saturated carbocycles. The van der Waals surface area contributed by atoms with Gasteiger partial charge in [0.25, 0.3) is 0 Å². The molecule has 19 heavy (non-hydrogen) atoms. The highest BCUT2D eigenvalue weighted by atomic mass is 32.2. The van der Waals surface area contributed by atoms with Crippen LogP contribution in [0.25, 0.3) is 0 Å². The molecular formula is C14H22N2O2S. The van der Waals surface area contributed by atoms with Crippen LogP contribution in [0, 0.1) is 5.92 Å². The lowest BCUT2D eigenvalue weighted by atomic mass is 10.2. The number of hydrogen-bond acceptors (Lipinski definition) is 3. The molecule has 1 atom stereocenters. The van der Waals surface area contributed by atoms with E-state index >= 15 is 0 Å². The Bertz CT molecular complexity index is 507. The summed E-state index contributed by atoms with van der Waals surface area (Å²) < 4.78 is 27.1. The minimum Gasteiger partial charge on any atom is -0.330 e. The van der Waals surface area contributed by atoms with E-state index in [1.54, 1.807) is 12.1 Å². The van der Waals surface area contributed by atoms with Crippen LogP contribution >= 0.6 is 0 Å². The second-order valence-corrected chi connectivity index (χ2v) is 7.10. The van der Waals surface area contributed by atoms with Crippen LogP contribution in [0.1, 0.15) is 31.7 Å². The largest absolute Gasteiger partial charge is 0.330 e. The second kappa shape index (κ2) is 6.03. The SMILES string of the molecule is CC(CC1CC1)NS(=O)(=O)c1ccc(CCN)cc1. The van der Waals surface area contributed by atoms with Gasteiger partial charge < -0.3 is 5.73 Å². The number of nitrogens with two attached hydrogens (primary N) is 1. The summed E-state index contributed by atoms with van der Waals surface area (Å²) in [7, 11) is -3.39. The third-order valence-electron chi connectivity index (χ3n) is 3.41. The van der Waals surface area contributed by atoms with Crippen molar-refractivity contribution in [1.29, 1.82) is 0 Å². The third-order valence-corrected chi connectivity index (χ3v) is 5.01. The van der Waals surface area contributed by atoms with Gasteiger partial charge in [0.15, 0.2) is 0 Å². The molecule has 0 heterocycles. The van der Waals surface area contributed by atoms with Crippen molar-refractivity contribution in [3.63, 3.8) is 0 Å². The number of sulfonamides is 1. The lowest BCUT2D eigenvalue weighted by Crippen LogP contribution is -2.32. The number of hydrogen-bond donors (Lipinski definition) is 2. The zero-order chi connectivity index (χ0) is 13.9. The van der Waals surface area contributed by atoms with Crippen molar-refractivity contribution in [3.8, 4) is 0 Å². The molecule has 0 saturated heterocycles. The highest BCUT2D eigenvalue weighted by Gasteiger charge is 2.26. The standard InChI is InChI=1S/C14H22N2O2S/c1-11(10-13-2-3-13)16-19(17,18)14-6-4-12(5-7-14)8-9-15/h4-7,11,13,16H,2-3,8-10,15H2,1H3. The third kappa shape index (κ3) is 4.30. The molecule has 1 unspecified atom stereocenters. The Morgan fingerprint density at radius 2 is 1.95 bits per heavy atom. The summed E-state index contributed by atoms with van der Waals surface area (Å²) in [6.07, 6.45) is 4.18. The van der Waals surface area contributed by atoms with Crippen LogP contribution in [0.15, 0.2) is 29.2 Å². The Labute approximate surface area is 115 Å². The van der Waals surface area contributed by atoms with Gasteiger partial charge in [-0.25, -0.2) is 13.1 Å². The number of nitrogens with one attached hydrogen (secondary N) is 1. The van der Waals surface area contributed by atoms with E-state index in [9.17, 15) is 8.42 Å². The van der Waals surface area contributed by atoms with Gasteiger partial charge in [-0.1, -0.05) is 25.0 Å². The maximum absolute atomic E-state index is 12.2. The fourth-order valence-corrected chi connectivity index (χ4v) is 3.49. The molecule has 0 spiro atoms. The van der Waals surface area contributed by atoms with Gasteiger partial charge in [0.2, 0.25) is 10.0 Å². The van der Waals surface area contributed by atoms with Gasteiger partial charge in [0.1, 0.15) is 0 Å². The van der Waals surface area contributed by atoms with Crippen molar-refractivity contribution in [3.05, 3.63) is 29.8 Å². The van der Waals surface area contributed by atoms with Gasteiger partial charge in [0, 0.05) is 6.04 Å². The summed E-state index contributed by atoms with van der Waals surface area (Å²) in [5.74, 6) is 0.713. The molecule has 1 aromatic rings. The van der Waals surface area contributed by atoms with Crippen molar-refractivity contribution in [2.75, 3.05) is 6.54 Å². The average molecular weight is 282 g/mol. The van der Waals surface area contributed by atoms with Crippen LogP contribution in [0.2, 0.25) is 0 Å². The zero-order valence-corrected chi connectivity index (χ0v) is 12.1. The molecule has 1 aliphatic carbocycles. The number of rotatable bonds is 7. The van der Waals surface area contributed by atoms with E-state index in [2.05, 4.69) is 4.72 Å². The Morgan fingerprint density at radius 1 is 1.32 bits per heavy atom. The van der Waals surface area contributed by atoms with E-state index in [0.717, 1.165) is 18.4 Å². The maximum atomic E-state index is 12.2. The van der Waals surface area contributed by atoms with E-state index in [1.807, 2.05) is 19.1 Å². The van der Waals surface area contributed by atoms with Crippen LogP contribution in [0.4, 0.5) is 0 Å². The van der Waals surface area contributed by atoms with Crippen LogP contribution in [0.5, 0.6) is 0 Å². The topological polar surface area (TPSA) is 72.2 Å². The lowest BCUT2D eigenvalue weighted by molar-refractivity contribution is 0.530. The Hall–Kier alpha value is -0.910. The van der Waals surface area contributed by atoms with E-state index in [-0.39, 0.29) is 6.04 Å². The van der Waals surface area contributed by atoms with Crippen molar-refractivity contribution >= 4 is 10.0 Å². The molecule has 1 aromatic carbocycles. The van der Waals surface area contributed by atoms with E-state index in [0.29, 0.717) is 17.4 Å². The van der Waals surface area contributed by atoms with E-state index < -0.39 is 10.0 Å². The molecule has 1 aliphatic rings. The molecule has 4 nitrogen and oxygen atoms in total. The fraction of sp³-hybridized carbons (Fsp3) is 0.571. The Balaban J connectivity index is 2.01. The first-order valence-electron chi connectivity index (χ1n) is 6.82. The molecule has 106 valence electrons. The van der Waals surface area contributed by atoms with Crippen LogP contribution < -0.4 is 10.5 Å². The van der Waals surface area contributed by atoms with Crippen LogP contribution in [-0.4, -0.2) is 21.0 Å². The quantitative estimate of drug-likeness (QED) is 0.799. The first-order valence-corrected chi connectivity index (χ1v) is 8.31. The minimum atomic E-state index is -3.39. The highest BCUT2D eigenvalue weighted by Crippen LogP contribution is 2.33. The predicted octanol–water partition coefficient (Wildman–Crippen LogP) is 1.65. The van der Waals surface area contributed by atoms with Crippen LogP contribution in [-0.2, 0) is 16.4 Å². The summed E-state index contributed by atoms with van der Waals surface area (Å²) >= 11 is 0. The molecule has 2 rings (SSSR count). The first kappa shape index (κ1) is 14.5. The Kier molecular flexibility index (Phi) is 4.60. The molecular weight excluding hydrogens is 260 g/mol.